The van der Waals surface area contributed by atoms with Gasteiger partial charge in [0, 0.05) is 36.1 Å². The minimum absolute atomic E-state index is 0.101. The second-order valence-electron chi connectivity index (χ2n) is 13.5. The van der Waals surface area contributed by atoms with Crippen molar-refractivity contribution in [2.75, 3.05) is 13.7 Å². The Labute approximate surface area is 252 Å². The Bertz CT molecular complexity index is 1570. The molecule has 1 aliphatic heterocycles. The molecule has 220 valence electrons. The van der Waals surface area contributed by atoms with E-state index < -0.39 is 0 Å². The van der Waals surface area contributed by atoms with Gasteiger partial charge < -0.3 is 9.47 Å². The molecule has 0 unspecified atom stereocenters. The highest BCUT2D eigenvalue weighted by Gasteiger charge is 2.28. The smallest absolute Gasteiger partial charge is 0.213 e. The lowest BCUT2D eigenvalue weighted by molar-refractivity contribution is 0.357. The zero-order valence-corrected chi connectivity index (χ0v) is 26.7. The molecule has 0 atom stereocenters. The Balaban J connectivity index is 0.000000168. The molecule has 0 N–H and O–H groups in total. The van der Waals surface area contributed by atoms with Crippen LogP contribution in [0.3, 0.4) is 0 Å². The van der Waals surface area contributed by atoms with Crippen molar-refractivity contribution >= 4 is 0 Å². The van der Waals surface area contributed by atoms with E-state index in [1.54, 1.807) is 12.7 Å². The fraction of sp³-hybridized carbons (Fsp3) is 0.421. The predicted octanol–water partition coefficient (Wildman–Crippen LogP) is 9.09. The first kappa shape index (κ1) is 29.8. The lowest BCUT2D eigenvalue weighted by Gasteiger charge is -2.26. The number of pyridine rings is 2. The minimum Gasteiger partial charge on any atom is -0.493 e. The molecule has 6 rings (SSSR count). The van der Waals surface area contributed by atoms with Crippen LogP contribution >= 0.6 is 0 Å². The van der Waals surface area contributed by atoms with Crippen LogP contribution in [0.1, 0.15) is 88.4 Å². The first-order chi connectivity index (χ1) is 20.0. The fourth-order valence-corrected chi connectivity index (χ4v) is 6.58. The second-order valence-corrected chi connectivity index (χ2v) is 13.5. The minimum atomic E-state index is 0.101. The highest BCUT2D eigenvalue weighted by atomic mass is 16.5. The van der Waals surface area contributed by atoms with Crippen LogP contribution in [0.15, 0.2) is 60.9 Å². The molecule has 2 aromatic heterocycles. The van der Waals surface area contributed by atoms with Crippen LogP contribution in [-0.2, 0) is 36.5 Å². The van der Waals surface area contributed by atoms with Gasteiger partial charge in [0.1, 0.15) is 5.75 Å². The van der Waals surface area contributed by atoms with Gasteiger partial charge in [-0.2, -0.15) is 0 Å². The summed E-state index contributed by atoms with van der Waals surface area (Å²) in [6.45, 7) is 16.7. The third-order valence-electron chi connectivity index (χ3n) is 8.47. The molecule has 4 heteroatoms. The fourth-order valence-electron chi connectivity index (χ4n) is 6.58. The largest absolute Gasteiger partial charge is 0.493 e. The van der Waals surface area contributed by atoms with Crippen LogP contribution in [0, 0.1) is 0 Å². The van der Waals surface area contributed by atoms with Gasteiger partial charge in [-0.3, -0.25) is 4.98 Å². The third-order valence-corrected chi connectivity index (χ3v) is 8.47. The number of ether oxygens (including phenoxy) is 2. The van der Waals surface area contributed by atoms with Gasteiger partial charge in [0.2, 0.25) is 5.88 Å². The number of nitrogens with zero attached hydrogens (tertiary/aromatic N) is 2. The number of hydrogen-bond donors (Lipinski definition) is 0. The molecule has 3 heterocycles. The lowest BCUT2D eigenvalue weighted by Crippen LogP contribution is -2.15. The van der Waals surface area contributed by atoms with E-state index in [1.807, 2.05) is 18.5 Å². The molecule has 0 bridgehead atoms. The van der Waals surface area contributed by atoms with Crippen LogP contribution in [0.25, 0.3) is 22.3 Å². The maximum atomic E-state index is 5.76. The highest BCUT2D eigenvalue weighted by molar-refractivity contribution is 5.73. The number of rotatable bonds is 4. The molecule has 2 aliphatic rings. The van der Waals surface area contributed by atoms with E-state index in [1.165, 1.54) is 63.8 Å². The van der Waals surface area contributed by atoms with E-state index in [4.69, 9.17) is 9.47 Å². The van der Waals surface area contributed by atoms with Crippen molar-refractivity contribution < 1.29 is 9.47 Å². The Kier molecular flexibility index (Phi) is 8.46. The van der Waals surface area contributed by atoms with Gasteiger partial charge in [0.05, 0.1) is 13.7 Å². The molecule has 0 saturated carbocycles. The predicted molar refractivity (Wildman–Crippen MR) is 174 cm³/mol. The van der Waals surface area contributed by atoms with Crippen molar-refractivity contribution in [3.63, 3.8) is 0 Å². The Morgan fingerprint density at radius 3 is 2.12 bits per heavy atom. The first-order valence-electron chi connectivity index (χ1n) is 15.4. The molecule has 0 saturated heterocycles. The summed E-state index contributed by atoms with van der Waals surface area (Å²) in [5, 5.41) is 0. The van der Waals surface area contributed by atoms with Crippen LogP contribution in [0.4, 0.5) is 0 Å². The molecular weight excluding hydrogens is 516 g/mol. The van der Waals surface area contributed by atoms with E-state index in [-0.39, 0.29) is 10.8 Å². The molecule has 0 spiro atoms. The average molecular weight is 563 g/mol. The quantitative estimate of drug-likeness (QED) is 0.249. The molecular formula is C38H46N2O2. The zero-order valence-electron chi connectivity index (χ0n) is 26.7. The monoisotopic (exact) mass is 562 g/mol. The standard InChI is InChI=1S/2C19H23NO/c1-19(2,3)17-9-8-14(15-6-5-7-16(15)17)13-10-11-20-18(12-13)21-4;1-5-14-12-13(8-10-20-14)15-6-7-17-16(9-11-21-17)18(15)19(2,3)4/h8-12H,5-7H2,1-4H3;6-8,10,12H,5,9,11H2,1-4H3. The van der Waals surface area contributed by atoms with E-state index in [2.05, 4.69) is 101 Å². The Morgan fingerprint density at radius 2 is 1.43 bits per heavy atom. The van der Waals surface area contributed by atoms with Crippen LogP contribution in [0.5, 0.6) is 11.6 Å². The van der Waals surface area contributed by atoms with Crippen molar-refractivity contribution in [1.82, 2.24) is 9.97 Å². The number of aromatic nitrogens is 2. The molecule has 4 nitrogen and oxygen atoms in total. The summed E-state index contributed by atoms with van der Waals surface area (Å²) in [5.74, 6) is 1.74. The van der Waals surface area contributed by atoms with Gasteiger partial charge in [-0.05, 0) is 105 Å². The van der Waals surface area contributed by atoms with Gasteiger partial charge in [0.25, 0.3) is 0 Å². The summed E-state index contributed by atoms with van der Waals surface area (Å²) in [5.41, 5.74) is 14.0. The van der Waals surface area contributed by atoms with E-state index in [9.17, 15) is 0 Å². The molecule has 1 aliphatic carbocycles. The molecule has 42 heavy (non-hydrogen) atoms. The zero-order chi connectivity index (χ0) is 30.1. The summed E-state index contributed by atoms with van der Waals surface area (Å²) in [6.07, 6.45) is 9.38. The van der Waals surface area contributed by atoms with Gasteiger partial charge in [0.15, 0.2) is 0 Å². The first-order valence-corrected chi connectivity index (χ1v) is 15.4. The number of fused-ring (bicyclic) bond motifs is 2. The van der Waals surface area contributed by atoms with Crippen LogP contribution < -0.4 is 9.47 Å². The normalized spacial score (nSPS) is 14.0. The van der Waals surface area contributed by atoms with E-state index in [0.29, 0.717) is 5.88 Å². The molecule has 4 aromatic rings. The van der Waals surface area contributed by atoms with Gasteiger partial charge >= 0.3 is 0 Å². The van der Waals surface area contributed by atoms with E-state index >= 15 is 0 Å². The number of aryl methyl sites for hydroxylation is 1. The summed E-state index contributed by atoms with van der Waals surface area (Å²) < 4.78 is 11.0. The molecule has 0 fully saturated rings. The SMILES string of the molecule is CCc1cc(-c2ccc3c(c2C(C)(C)C)CCO3)ccn1.COc1cc(-c2ccc(C(C)(C)C)c3c2CCC3)ccn1. The van der Waals surface area contributed by atoms with Crippen molar-refractivity contribution in [3.05, 3.63) is 94.4 Å². The molecule has 0 radical (unpaired) electrons. The van der Waals surface area contributed by atoms with Crippen molar-refractivity contribution in [2.24, 2.45) is 0 Å². The lowest BCUT2D eigenvalue weighted by atomic mass is 9.78. The summed E-state index contributed by atoms with van der Waals surface area (Å²) in [4.78, 5) is 8.63. The third kappa shape index (κ3) is 6.09. The van der Waals surface area contributed by atoms with Gasteiger partial charge in [-0.25, -0.2) is 4.98 Å². The summed E-state index contributed by atoms with van der Waals surface area (Å²) in [6, 6.07) is 17.4. The van der Waals surface area contributed by atoms with Gasteiger partial charge in [-0.15, -0.1) is 0 Å². The second kappa shape index (κ2) is 11.9. The Hall–Kier alpha value is -3.66. The molecule has 2 aromatic carbocycles. The average Bonchev–Trinajstić information content (AvgIpc) is 3.65. The number of benzene rings is 2. The van der Waals surface area contributed by atoms with Gasteiger partial charge in [-0.1, -0.05) is 66.7 Å². The van der Waals surface area contributed by atoms with Crippen molar-refractivity contribution in [2.45, 2.75) is 91.4 Å². The Morgan fingerprint density at radius 1 is 0.738 bits per heavy atom. The summed E-state index contributed by atoms with van der Waals surface area (Å²) >= 11 is 0. The highest BCUT2D eigenvalue weighted by Crippen LogP contribution is 2.42. The van der Waals surface area contributed by atoms with Crippen LogP contribution in [0.2, 0.25) is 0 Å². The van der Waals surface area contributed by atoms with Crippen molar-refractivity contribution in [3.8, 4) is 33.9 Å². The van der Waals surface area contributed by atoms with E-state index in [0.717, 1.165) is 30.9 Å². The maximum Gasteiger partial charge on any atom is 0.213 e. The number of methoxy groups -OCH3 is 1. The maximum absolute atomic E-state index is 5.76. The molecule has 0 amide bonds. The summed E-state index contributed by atoms with van der Waals surface area (Å²) in [7, 11) is 1.67. The van der Waals surface area contributed by atoms with Crippen molar-refractivity contribution in [1.29, 1.82) is 0 Å². The van der Waals surface area contributed by atoms with Crippen LogP contribution in [-0.4, -0.2) is 23.7 Å². The topological polar surface area (TPSA) is 44.2 Å². The number of hydrogen-bond acceptors (Lipinski definition) is 4.